The first kappa shape index (κ1) is 23.5. The molecule has 1 heterocycles. The molecule has 0 aliphatic carbocycles. The van der Waals surface area contributed by atoms with Crippen LogP contribution in [0.3, 0.4) is 0 Å². The molecule has 2 aromatic carbocycles. The highest BCUT2D eigenvalue weighted by molar-refractivity contribution is 7.98. The minimum atomic E-state index is -4.53. The number of thioether (sulfide) groups is 1. The van der Waals surface area contributed by atoms with Gasteiger partial charge in [0.25, 0.3) is 5.91 Å². The lowest BCUT2D eigenvalue weighted by atomic mass is 9.80. The van der Waals surface area contributed by atoms with Gasteiger partial charge in [0.1, 0.15) is 5.75 Å². The van der Waals surface area contributed by atoms with Crippen LogP contribution in [-0.4, -0.2) is 43.8 Å². The van der Waals surface area contributed by atoms with Gasteiger partial charge in [0.05, 0.1) is 23.8 Å². The van der Waals surface area contributed by atoms with E-state index in [1.807, 2.05) is 37.4 Å². The molecule has 1 fully saturated rings. The number of alkyl halides is 3. The molecule has 1 unspecified atom stereocenters. The van der Waals surface area contributed by atoms with E-state index in [1.54, 1.807) is 6.26 Å². The third-order valence-electron chi connectivity index (χ3n) is 6.00. The van der Waals surface area contributed by atoms with Crippen molar-refractivity contribution in [1.82, 2.24) is 10.2 Å². The van der Waals surface area contributed by atoms with Crippen LogP contribution in [0.15, 0.2) is 47.4 Å². The fourth-order valence-electron chi connectivity index (χ4n) is 4.08. The summed E-state index contributed by atoms with van der Waals surface area (Å²) in [7, 11) is 3.29. The highest BCUT2D eigenvalue weighted by Gasteiger charge is 2.41. The van der Waals surface area contributed by atoms with Gasteiger partial charge in [-0.2, -0.15) is 13.2 Å². The molecule has 1 aliphatic heterocycles. The van der Waals surface area contributed by atoms with Crippen molar-refractivity contribution < 1.29 is 22.7 Å². The number of hydrogen-bond acceptors (Lipinski definition) is 4. The molecule has 0 radical (unpaired) electrons. The monoisotopic (exact) mass is 452 g/mol. The van der Waals surface area contributed by atoms with E-state index in [2.05, 4.69) is 17.1 Å². The molecule has 0 bridgehead atoms. The third kappa shape index (κ3) is 4.85. The number of rotatable bonds is 5. The molecule has 2 aromatic rings. The normalized spacial score (nSPS) is 22.2. The van der Waals surface area contributed by atoms with Gasteiger partial charge in [0.15, 0.2) is 0 Å². The molecule has 1 amide bonds. The molecular weight excluding hydrogens is 425 g/mol. The van der Waals surface area contributed by atoms with Crippen molar-refractivity contribution in [3.63, 3.8) is 0 Å². The predicted molar refractivity (Wildman–Crippen MR) is 117 cm³/mol. The highest BCUT2D eigenvalue weighted by atomic mass is 32.2. The Labute approximate surface area is 185 Å². The Hall–Kier alpha value is -2.19. The van der Waals surface area contributed by atoms with Crippen molar-refractivity contribution >= 4 is 17.7 Å². The lowest BCUT2D eigenvalue weighted by Gasteiger charge is -2.45. The van der Waals surface area contributed by atoms with Gasteiger partial charge >= 0.3 is 6.18 Å². The Morgan fingerprint density at radius 1 is 1.26 bits per heavy atom. The number of carbonyl (C=O) groups excluding carboxylic acids is 1. The zero-order chi connectivity index (χ0) is 22.8. The Balaban J connectivity index is 2.05. The molecule has 0 spiro atoms. The van der Waals surface area contributed by atoms with Gasteiger partial charge in [-0.25, -0.2) is 0 Å². The maximum Gasteiger partial charge on any atom is 0.416 e. The van der Waals surface area contributed by atoms with E-state index in [0.717, 1.165) is 42.3 Å². The number of ether oxygens (including phenoxy) is 1. The second-order valence-electron chi connectivity index (χ2n) is 7.96. The van der Waals surface area contributed by atoms with Gasteiger partial charge in [-0.15, -0.1) is 11.8 Å². The number of piperidine rings is 1. The summed E-state index contributed by atoms with van der Waals surface area (Å²) < 4.78 is 45.2. The molecule has 4 nitrogen and oxygen atoms in total. The lowest BCUT2D eigenvalue weighted by Crippen LogP contribution is -2.57. The fourth-order valence-corrected chi connectivity index (χ4v) is 4.72. The summed E-state index contributed by atoms with van der Waals surface area (Å²) in [5.74, 6) is -0.529. The van der Waals surface area contributed by atoms with Crippen molar-refractivity contribution in [3.8, 4) is 5.75 Å². The molecule has 0 saturated carbocycles. The molecule has 1 saturated heterocycles. The largest absolute Gasteiger partial charge is 0.496 e. The summed E-state index contributed by atoms with van der Waals surface area (Å²) in [5.41, 5.74) is -0.393. The number of nitrogens with one attached hydrogen (secondary N) is 1. The summed E-state index contributed by atoms with van der Waals surface area (Å²) in [6.07, 6.45) is -1.27. The van der Waals surface area contributed by atoms with Crippen molar-refractivity contribution in [3.05, 3.63) is 59.2 Å². The van der Waals surface area contributed by atoms with E-state index in [-0.39, 0.29) is 16.2 Å². The molecule has 31 heavy (non-hydrogen) atoms. The zero-order valence-corrected chi connectivity index (χ0v) is 18.9. The van der Waals surface area contributed by atoms with Crippen LogP contribution in [-0.2, 0) is 11.7 Å². The van der Waals surface area contributed by atoms with Crippen LogP contribution in [0.1, 0.15) is 41.3 Å². The minimum Gasteiger partial charge on any atom is -0.496 e. The Morgan fingerprint density at radius 2 is 1.94 bits per heavy atom. The third-order valence-corrected chi connectivity index (χ3v) is 6.76. The molecule has 1 N–H and O–H groups in total. The van der Waals surface area contributed by atoms with Gasteiger partial charge in [0, 0.05) is 17.5 Å². The van der Waals surface area contributed by atoms with Crippen LogP contribution >= 0.6 is 11.8 Å². The summed E-state index contributed by atoms with van der Waals surface area (Å²) in [5, 5.41) is 3.17. The van der Waals surface area contributed by atoms with Crippen molar-refractivity contribution in [2.75, 3.05) is 27.0 Å². The molecule has 2 atom stereocenters. The number of amides is 1. The number of halogens is 3. The number of hydrogen-bond donors (Lipinski definition) is 1. The summed E-state index contributed by atoms with van der Waals surface area (Å²) >= 11 is 1.09. The molecule has 8 heteroatoms. The second kappa shape index (κ2) is 9.12. The van der Waals surface area contributed by atoms with E-state index in [9.17, 15) is 18.0 Å². The summed E-state index contributed by atoms with van der Waals surface area (Å²) in [6, 6.07) is 12.0. The maximum atomic E-state index is 13.5. The number of likely N-dealkylation sites (tertiary alicyclic amines) is 1. The van der Waals surface area contributed by atoms with Gasteiger partial charge in [-0.3, -0.25) is 4.79 Å². The van der Waals surface area contributed by atoms with Gasteiger partial charge in [0.2, 0.25) is 0 Å². The quantitative estimate of drug-likeness (QED) is 0.635. The average Bonchev–Trinajstić information content (AvgIpc) is 2.75. The molecule has 168 valence electrons. The summed E-state index contributed by atoms with van der Waals surface area (Å²) in [4.78, 5) is 15.9. The molecular formula is C23H27F3N2O2S. The first-order valence-corrected chi connectivity index (χ1v) is 11.3. The Kier molecular flexibility index (Phi) is 6.91. The molecule has 3 rings (SSSR count). The van der Waals surface area contributed by atoms with Crippen molar-refractivity contribution in [2.24, 2.45) is 0 Å². The van der Waals surface area contributed by atoms with E-state index in [4.69, 9.17) is 4.74 Å². The van der Waals surface area contributed by atoms with Crippen LogP contribution in [0.2, 0.25) is 0 Å². The minimum absolute atomic E-state index is 0.0857. The van der Waals surface area contributed by atoms with E-state index in [1.165, 1.54) is 7.11 Å². The van der Waals surface area contributed by atoms with Crippen molar-refractivity contribution in [2.45, 2.75) is 42.4 Å². The second-order valence-corrected chi connectivity index (χ2v) is 8.81. The SMILES string of the molecule is COc1cc(C(F)(F)F)cc(SC)c1C(=O)NC1(c2ccccc2)CC[C@H](C)N(C)C1. The Bertz CT molecular complexity index is 911. The predicted octanol–water partition coefficient (Wildman–Crippen LogP) is 5.18. The van der Waals surface area contributed by atoms with E-state index >= 15 is 0 Å². The van der Waals surface area contributed by atoms with Crippen LogP contribution < -0.4 is 10.1 Å². The number of carbonyl (C=O) groups is 1. The number of methoxy groups -OCH3 is 1. The number of nitrogens with zero attached hydrogens (tertiary/aromatic N) is 1. The first-order valence-electron chi connectivity index (χ1n) is 10.0. The van der Waals surface area contributed by atoms with E-state index < -0.39 is 23.2 Å². The van der Waals surface area contributed by atoms with Crippen LogP contribution in [0.5, 0.6) is 5.75 Å². The number of benzene rings is 2. The smallest absolute Gasteiger partial charge is 0.416 e. The lowest BCUT2D eigenvalue weighted by molar-refractivity contribution is -0.137. The molecule has 1 aliphatic rings. The van der Waals surface area contributed by atoms with Gasteiger partial charge in [-0.1, -0.05) is 30.3 Å². The zero-order valence-electron chi connectivity index (χ0n) is 18.0. The first-order chi connectivity index (χ1) is 14.6. The number of likely N-dealkylation sites (N-methyl/N-ethyl adjacent to an activating group) is 1. The van der Waals surface area contributed by atoms with Crippen molar-refractivity contribution in [1.29, 1.82) is 0 Å². The highest BCUT2D eigenvalue weighted by Crippen LogP contribution is 2.39. The maximum absolute atomic E-state index is 13.5. The standard InChI is InChI=1S/C23H27F3N2O2S/c1-15-10-11-22(14-28(15)2,16-8-6-5-7-9-16)27-21(29)20-18(30-3)12-17(23(24,25)26)13-19(20)31-4/h5-9,12-13,15H,10-11,14H2,1-4H3,(H,27,29)/t15-,22?/m0/s1. The van der Waals surface area contributed by atoms with Gasteiger partial charge in [-0.05, 0) is 50.8 Å². The fraction of sp³-hybridized carbons (Fsp3) is 0.435. The Morgan fingerprint density at radius 3 is 2.48 bits per heavy atom. The average molecular weight is 453 g/mol. The molecule has 0 aromatic heterocycles. The summed E-state index contributed by atoms with van der Waals surface area (Å²) in [6.45, 7) is 2.74. The van der Waals surface area contributed by atoms with Crippen LogP contribution in [0.4, 0.5) is 13.2 Å². The topological polar surface area (TPSA) is 41.6 Å². The van der Waals surface area contributed by atoms with Crippen LogP contribution in [0, 0.1) is 0 Å². The van der Waals surface area contributed by atoms with E-state index in [0.29, 0.717) is 12.6 Å². The van der Waals surface area contributed by atoms with Gasteiger partial charge < -0.3 is 15.0 Å². The van der Waals surface area contributed by atoms with Crippen LogP contribution in [0.25, 0.3) is 0 Å².